The fourth-order valence-electron chi connectivity index (χ4n) is 2.48. The molecule has 2 N–H and O–H groups in total. The molecule has 0 aromatic heterocycles. The average molecular weight is 305 g/mol. The third-order valence-corrected chi connectivity index (χ3v) is 3.40. The number of amides is 1. The molecule has 1 aromatic carbocycles. The van der Waals surface area contributed by atoms with E-state index in [1.54, 1.807) is 24.3 Å². The van der Waals surface area contributed by atoms with Gasteiger partial charge in [0.05, 0.1) is 18.7 Å². The Labute approximate surface area is 126 Å². The lowest BCUT2D eigenvalue weighted by molar-refractivity contribution is -0.144. The lowest BCUT2D eigenvalue weighted by atomic mass is 9.96. The van der Waals surface area contributed by atoms with E-state index in [0.29, 0.717) is 11.3 Å². The number of aliphatic carboxylic acids is 1. The van der Waals surface area contributed by atoms with Gasteiger partial charge < -0.3 is 19.8 Å². The first-order valence-corrected chi connectivity index (χ1v) is 6.47. The van der Waals surface area contributed by atoms with Gasteiger partial charge in [-0.25, -0.2) is 0 Å². The summed E-state index contributed by atoms with van der Waals surface area (Å²) in [6.45, 7) is 0.595. The van der Waals surface area contributed by atoms with Crippen LogP contribution in [0.5, 0.6) is 5.75 Å². The molecule has 22 heavy (non-hydrogen) atoms. The number of carboxylic acids is 1. The molecule has 1 aliphatic rings. The maximum absolute atomic E-state index is 12.1. The van der Waals surface area contributed by atoms with Crippen molar-refractivity contribution in [2.24, 2.45) is 0 Å². The van der Waals surface area contributed by atoms with Crippen molar-refractivity contribution in [3.05, 3.63) is 41.2 Å². The van der Waals surface area contributed by atoms with Gasteiger partial charge >= 0.3 is 5.97 Å². The summed E-state index contributed by atoms with van der Waals surface area (Å²) >= 11 is 0. The van der Waals surface area contributed by atoms with Gasteiger partial charge in [-0.05, 0) is 24.6 Å². The van der Waals surface area contributed by atoms with E-state index >= 15 is 0 Å². The van der Waals surface area contributed by atoms with Crippen molar-refractivity contribution in [1.82, 2.24) is 4.90 Å². The Hall–Kier alpha value is -2.83. The highest BCUT2D eigenvalue weighted by molar-refractivity contribution is 6.08. The van der Waals surface area contributed by atoms with Crippen molar-refractivity contribution in [2.45, 2.75) is 13.0 Å². The zero-order valence-corrected chi connectivity index (χ0v) is 12.1. The first-order chi connectivity index (χ1) is 10.4. The van der Waals surface area contributed by atoms with Crippen LogP contribution in [0.15, 0.2) is 35.6 Å². The average Bonchev–Trinajstić information content (AvgIpc) is 2.71. The number of nitrogens with zero attached hydrogens (tertiary/aromatic N) is 1. The fraction of sp³-hybridized carbons (Fsp3) is 0.267. The zero-order chi connectivity index (χ0) is 16.4. The predicted molar refractivity (Wildman–Crippen MR) is 75.4 cm³/mol. The van der Waals surface area contributed by atoms with Gasteiger partial charge in [0, 0.05) is 0 Å². The summed E-state index contributed by atoms with van der Waals surface area (Å²) in [4.78, 5) is 35.8. The van der Waals surface area contributed by atoms with Crippen LogP contribution in [0.1, 0.15) is 18.5 Å². The van der Waals surface area contributed by atoms with Crippen LogP contribution in [0.2, 0.25) is 0 Å². The highest BCUT2D eigenvalue weighted by Crippen LogP contribution is 2.38. The smallest absolute Gasteiger partial charge is 0.323 e. The van der Waals surface area contributed by atoms with Gasteiger partial charge in [0.15, 0.2) is 11.5 Å². The normalized spacial score (nSPS) is 17.8. The molecular weight excluding hydrogens is 290 g/mol. The molecule has 0 spiro atoms. The second-order valence-corrected chi connectivity index (χ2v) is 4.82. The molecule has 1 aromatic rings. The minimum Gasteiger partial charge on any atom is -0.503 e. The summed E-state index contributed by atoms with van der Waals surface area (Å²) < 4.78 is 5.10. The van der Waals surface area contributed by atoms with Crippen molar-refractivity contribution in [2.75, 3.05) is 13.7 Å². The number of aliphatic hydroxyl groups is 1. The summed E-state index contributed by atoms with van der Waals surface area (Å²) in [5.74, 6) is -2.82. The molecule has 2 rings (SSSR count). The predicted octanol–water partition coefficient (Wildman–Crippen LogP) is 1.06. The first-order valence-electron chi connectivity index (χ1n) is 6.47. The van der Waals surface area contributed by atoms with E-state index in [1.165, 1.54) is 14.0 Å². The van der Waals surface area contributed by atoms with E-state index in [2.05, 4.69) is 0 Å². The maximum atomic E-state index is 12.1. The van der Waals surface area contributed by atoms with Crippen LogP contribution >= 0.6 is 0 Å². The Morgan fingerprint density at radius 2 is 2.05 bits per heavy atom. The molecule has 0 radical (unpaired) electrons. The van der Waals surface area contributed by atoms with Crippen molar-refractivity contribution >= 4 is 17.7 Å². The largest absolute Gasteiger partial charge is 0.503 e. The molecule has 116 valence electrons. The van der Waals surface area contributed by atoms with Gasteiger partial charge in [-0.3, -0.25) is 14.4 Å². The minimum absolute atomic E-state index is 0.112. The second-order valence-electron chi connectivity index (χ2n) is 4.82. The van der Waals surface area contributed by atoms with E-state index in [4.69, 9.17) is 9.84 Å². The highest BCUT2D eigenvalue weighted by atomic mass is 16.5. The molecule has 0 aliphatic carbocycles. The number of benzene rings is 1. The van der Waals surface area contributed by atoms with E-state index in [0.717, 1.165) is 4.90 Å². The van der Waals surface area contributed by atoms with Crippen LogP contribution in [0, 0.1) is 0 Å². The minimum atomic E-state index is -1.24. The van der Waals surface area contributed by atoms with E-state index in [9.17, 15) is 19.5 Å². The molecular formula is C15H15NO6. The number of carbonyl (C=O) groups excluding carboxylic acids is 2. The Morgan fingerprint density at radius 3 is 2.59 bits per heavy atom. The number of carbonyl (C=O) groups is 3. The summed E-state index contributed by atoms with van der Waals surface area (Å²) in [7, 11) is 1.47. The first kappa shape index (κ1) is 15.6. The van der Waals surface area contributed by atoms with Crippen molar-refractivity contribution in [3.8, 4) is 5.75 Å². The number of ketones is 1. The molecule has 7 heteroatoms. The molecule has 1 aliphatic heterocycles. The molecule has 0 saturated heterocycles. The fourth-order valence-corrected chi connectivity index (χ4v) is 2.48. The summed E-state index contributed by atoms with van der Waals surface area (Å²) in [5.41, 5.74) is 0.378. The third-order valence-electron chi connectivity index (χ3n) is 3.40. The molecule has 0 saturated carbocycles. The monoisotopic (exact) mass is 305 g/mol. The van der Waals surface area contributed by atoms with Gasteiger partial charge in [0.1, 0.15) is 12.3 Å². The maximum Gasteiger partial charge on any atom is 0.323 e. The van der Waals surface area contributed by atoms with Gasteiger partial charge in [0.25, 0.3) is 5.91 Å². The van der Waals surface area contributed by atoms with Gasteiger partial charge in [0.2, 0.25) is 0 Å². The van der Waals surface area contributed by atoms with Crippen LogP contribution in [-0.4, -0.2) is 46.4 Å². The van der Waals surface area contributed by atoms with Crippen LogP contribution in [0.25, 0.3) is 0 Å². The number of hydrogen-bond donors (Lipinski definition) is 2. The topological polar surface area (TPSA) is 104 Å². The number of aliphatic hydroxyl groups excluding tert-OH is 1. The van der Waals surface area contributed by atoms with Gasteiger partial charge in [-0.2, -0.15) is 0 Å². The number of rotatable bonds is 5. The van der Waals surface area contributed by atoms with Crippen LogP contribution < -0.4 is 4.74 Å². The van der Waals surface area contributed by atoms with Gasteiger partial charge in [-0.1, -0.05) is 12.1 Å². The van der Waals surface area contributed by atoms with E-state index in [-0.39, 0.29) is 5.57 Å². The number of carboxylic acid groups (broad SMARTS) is 1. The zero-order valence-electron chi connectivity index (χ0n) is 12.1. The summed E-state index contributed by atoms with van der Waals surface area (Å²) in [5, 5.41) is 18.9. The van der Waals surface area contributed by atoms with Crippen molar-refractivity contribution in [3.63, 3.8) is 0 Å². The molecule has 1 heterocycles. The number of Topliss-reactive ketones (excluding diaryl/α,β-unsaturated/α-hetero) is 1. The Balaban J connectivity index is 2.56. The third kappa shape index (κ3) is 2.65. The Morgan fingerprint density at radius 1 is 1.36 bits per heavy atom. The SMILES string of the molecule is COc1cccc(C2C(C(C)=O)=C(O)C(=O)N2CC(=O)O)c1. The van der Waals surface area contributed by atoms with Crippen molar-refractivity contribution in [1.29, 1.82) is 0 Å². The number of ether oxygens (including phenoxy) is 1. The van der Waals surface area contributed by atoms with Crippen LogP contribution in [-0.2, 0) is 14.4 Å². The number of hydrogen-bond acceptors (Lipinski definition) is 5. The summed E-state index contributed by atoms with van der Waals surface area (Å²) in [6.07, 6.45) is 0. The van der Waals surface area contributed by atoms with Crippen LogP contribution in [0.4, 0.5) is 0 Å². The molecule has 1 atom stereocenters. The van der Waals surface area contributed by atoms with E-state index in [1.807, 2.05) is 0 Å². The molecule has 0 fully saturated rings. The van der Waals surface area contributed by atoms with Gasteiger partial charge in [-0.15, -0.1) is 0 Å². The van der Waals surface area contributed by atoms with E-state index < -0.39 is 36.0 Å². The molecule has 0 bridgehead atoms. The summed E-state index contributed by atoms with van der Waals surface area (Å²) in [6, 6.07) is 5.62. The molecule has 1 unspecified atom stereocenters. The highest BCUT2D eigenvalue weighted by Gasteiger charge is 2.43. The quantitative estimate of drug-likeness (QED) is 0.843. The Kier molecular flexibility index (Phi) is 4.16. The second kappa shape index (κ2) is 5.88. The lowest BCUT2D eigenvalue weighted by Gasteiger charge is -2.25. The van der Waals surface area contributed by atoms with Crippen LogP contribution in [0.3, 0.4) is 0 Å². The number of methoxy groups -OCH3 is 1. The molecule has 7 nitrogen and oxygen atoms in total. The Bertz CT molecular complexity index is 678. The standard InChI is InChI=1S/C15H15NO6/c1-8(17)12-13(9-4-3-5-10(6-9)22-2)16(7-11(18)19)15(21)14(12)20/h3-6,13,20H,7H2,1-2H3,(H,18,19). The van der Waals surface area contributed by atoms with Crippen molar-refractivity contribution < 1.29 is 29.3 Å². The molecule has 1 amide bonds. The lowest BCUT2D eigenvalue weighted by Crippen LogP contribution is -2.35.